The normalized spacial score (nSPS) is 27.5. The van der Waals surface area contributed by atoms with Gasteiger partial charge in [-0.1, -0.05) is 26.2 Å². The van der Waals surface area contributed by atoms with Gasteiger partial charge in [0.25, 0.3) is 0 Å². The van der Waals surface area contributed by atoms with Crippen molar-refractivity contribution in [1.29, 1.82) is 0 Å². The fourth-order valence-electron chi connectivity index (χ4n) is 2.61. The van der Waals surface area contributed by atoms with Crippen molar-refractivity contribution in [1.82, 2.24) is 14.9 Å². The zero-order valence-corrected chi connectivity index (χ0v) is 9.52. The van der Waals surface area contributed by atoms with E-state index in [0.717, 1.165) is 6.54 Å². The van der Waals surface area contributed by atoms with E-state index in [4.69, 9.17) is 0 Å². The smallest absolute Gasteiger partial charge is 0.0949 e. The van der Waals surface area contributed by atoms with Crippen molar-refractivity contribution in [2.24, 2.45) is 0 Å². The maximum atomic E-state index is 4.16. The summed E-state index contributed by atoms with van der Waals surface area (Å²) in [6, 6.07) is 1.24. The lowest BCUT2D eigenvalue weighted by atomic mass is 10.0. The molecule has 0 aliphatic heterocycles. The van der Waals surface area contributed by atoms with Gasteiger partial charge in [-0.3, -0.25) is 0 Å². The van der Waals surface area contributed by atoms with Crippen molar-refractivity contribution in [3.8, 4) is 0 Å². The van der Waals surface area contributed by atoms with Crippen LogP contribution in [0.4, 0.5) is 0 Å². The Morgan fingerprint density at radius 3 is 2.93 bits per heavy atom. The summed E-state index contributed by atoms with van der Waals surface area (Å²) in [4.78, 5) is 4.16. The summed E-state index contributed by atoms with van der Waals surface area (Å²) in [6.07, 6.45) is 12.6. The summed E-state index contributed by atoms with van der Waals surface area (Å²) in [5, 5.41) is 3.61. The quantitative estimate of drug-likeness (QED) is 0.771. The zero-order chi connectivity index (χ0) is 10.5. The Kier molecular flexibility index (Phi) is 3.78. The minimum absolute atomic E-state index is 0.606. The lowest BCUT2D eigenvalue weighted by molar-refractivity contribution is 0.335. The highest BCUT2D eigenvalue weighted by Gasteiger charge is 2.23. The fourth-order valence-corrected chi connectivity index (χ4v) is 2.61. The molecule has 0 bridgehead atoms. The summed E-state index contributed by atoms with van der Waals surface area (Å²) in [5.74, 6) is 0. The second kappa shape index (κ2) is 5.31. The first kappa shape index (κ1) is 10.7. The second-order valence-corrected chi connectivity index (χ2v) is 4.38. The van der Waals surface area contributed by atoms with Crippen LogP contribution in [0.15, 0.2) is 18.7 Å². The summed E-state index contributed by atoms with van der Waals surface area (Å²) >= 11 is 0. The largest absolute Gasteiger partial charge is 0.333 e. The van der Waals surface area contributed by atoms with E-state index in [1.807, 2.05) is 12.5 Å². The molecule has 1 aliphatic rings. The molecule has 1 aromatic rings. The number of likely N-dealkylation sites (N-methyl/N-ethyl adjacent to an activating group) is 1. The van der Waals surface area contributed by atoms with Crippen molar-refractivity contribution in [3.63, 3.8) is 0 Å². The van der Waals surface area contributed by atoms with Gasteiger partial charge < -0.3 is 9.88 Å². The van der Waals surface area contributed by atoms with Crippen LogP contribution in [0.5, 0.6) is 0 Å². The predicted molar refractivity (Wildman–Crippen MR) is 61.8 cm³/mol. The number of hydrogen-bond acceptors (Lipinski definition) is 2. The highest BCUT2D eigenvalue weighted by Crippen LogP contribution is 2.27. The van der Waals surface area contributed by atoms with E-state index < -0.39 is 0 Å². The molecule has 0 radical (unpaired) electrons. The van der Waals surface area contributed by atoms with E-state index in [1.165, 1.54) is 32.1 Å². The monoisotopic (exact) mass is 207 g/mol. The van der Waals surface area contributed by atoms with Gasteiger partial charge in [-0.25, -0.2) is 4.98 Å². The van der Waals surface area contributed by atoms with Crippen LogP contribution in [0.2, 0.25) is 0 Å². The molecule has 1 fully saturated rings. The SMILES string of the molecule is CCNC1CCCCCC1n1ccnc1. The average molecular weight is 207 g/mol. The molecule has 15 heavy (non-hydrogen) atoms. The summed E-state index contributed by atoms with van der Waals surface area (Å²) in [6.45, 7) is 3.26. The van der Waals surface area contributed by atoms with Crippen LogP contribution in [-0.4, -0.2) is 22.1 Å². The highest BCUT2D eigenvalue weighted by atomic mass is 15.1. The summed E-state index contributed by atoms with van der Waals surface area (Å²) < 4.78 is 2.28. The van der Waals surface area contributed by atoms with Gasteiger partial charge in [0, 0.05) is 24.5 Å². The molecule has 1 N–H and O–H groups in total. The molecular formula is C12H21N3. The Balaban J connectivity index is 2.09. The molecule has 1 aliphatic carbocycles. The van der Waals surface area contributed by atoms with Crippen molar-refractivity contribution >= 4 is 0 Å². The van der Waals surface area contributed by atoms with Gasteiger partial charge in [0.2, 0.25) is 0 Å². The summed E-state index contributed by atoms with van der Waals surface area (Å²) in [5.41, 5.74) is 0. The number of nitrogens with zero attached hydrogens (tertiary/aromatic N) is 2. The molecule has 0 amide bonds. The third-order valence-electron chi connectivity index (χ3n) is 3.35. The zero-order valence-electron chi connectivity index (χ0n) is 9.52. The van der Waals surface area contributed by atoms with Crippen LogP contribution in [0.3, 0.4) is 0 Å². The van der Waals surface area contributed by atoms with Crippen LogP contribution < -0.4 is 5.32 Å². The number of hydrogen-bond donors (Lipinski definition) is 1. The molecule has 0 spiro atoms. The van der Waals surface area contributed by atoms with E-state index in [0.29, 0.717) is 12.1 Å². The Morgan fingerprint density at radius 2 is 2.20 bits per heavy atom. The number of nitrogens with one attached hydrogen (secondary N) is 1. The number of aromatic nitrogens is 2. The van der Waals surface area contributed by atoms with Gasteiger partial charge >= 0.3 is 0 Å². The van der Waals surface area contributed by atoms with Crippen LogP contribution in [0.1, 0.15) is 45.1 Å². The third kappa shape index (κ3) is 2.59. The molecule has 1 saturated carbocycles. The Hall–Kier alpha value is -0.830. The van der Waals surface area contributed by atoms with Crippen LogP contribution in [0, 0.1) is 0 Å². The Labute approximate surface area is 91.9 Å². The molecule has 2 rings (SSSR count). The Morgan fingerprint density at radius 1 is 1.33 bits per heavy atom. The van der Waals surface area contributed by atoms with E-state index in [-0.39, 0.29) is 0 Å². The fraction of sp³-hybridized carbons (Fsp3) is 0.750. The second-order valence-electron chi connectivity index (χ2n) is 4.38. The first-order valence-electron chi connectivity index (χ1n) is 6.12. The van der Waals surface area contributed by atoms with Crippen molar-refractivity contribution in [2.75, 3.05) is 6.54 Å². The Bertz CT molecular complexity index is 268. The third-order valence-corrected chi connectivity index (χ3v) is 3.35. The minimum atomic E-state index is 0.606. The molecule has 3 heteroatoms. The topological polar surface area (TPSA) is 29.9 Å². The van der Waals surface area contributed by atoms with E-state index in [2.05, 4.69) is 28.0 Å². The molecule has 84 valence electrons. The van der Waals surface area contributed by atoms with Crippen molar-refractivity contribution in [3.05, 3.63) is 18.7 Å². The maximum absolute atomic E-state index is 4.16. The molecule has 2 unspecified atom stereocenters. The summed E-state index contributed by atoms with van der Waals surface area (Å²) in [7, 11) is 0. The first-order valence-corrected chi connectivity index (χ1v) is 6.12. The minimum Gasteiger partial charge on any atom is -0.333 e. The van der Waals surface area contributed by atoms with Gasteiger partial charge in [-0.15, -0.1) is 0 Å². The predicted octanol–water partition coefficient (Wildman–Crippen LogP) is 2.37. The lowest BCUT2D eigenvalue weighted by Gasteiger charge is -2.26. The lowest BCUT2D eigenvalue weighted by Crippen LogP contribution is -2.36. The van der Waals surface area contributed by atoms with E-state index in [1.54, 1.807) is 0 Å². The van der Waals surface area contributed by atoms with E-state index in [9.17, 15) is 0 Å². The van der Waals surface area contributed by atoms with Crippen molar-refractivity contribution < 1.29 is 0 Å². The molecule has 0 aromatic carbocycles. The van der Waals surface area contributed by atoms with Gasteiger partial charge in [-0.05, 0) is 19.4 Å². The van der Waals surface area contributed by atoms with Gasteiger partial charge in [-0.2, -0.15) is 0 Å². The average Bonchev–Trinajstić information content (AvgIpc) is 2.67. The standard InChI is InChI=1S/C12H21N3/c1-2-14-11-6-4-3-5-7-12(11)15-9-8-13-10-15/h8-12,14H,2-7H2,1H3. The van der Waals surface area contributed by atoms with Crippen LogP contribution >= 0.6 is 0 Å². The maximum Gasteiger partial charge on any atom is 0.0949 e. The van der Waals surface area contributed by atoms with Gasteiger partial charge in [0.1, 0.15) is 0 Å². The molecule has 3 nitrogen and oxygen atoms in total. The van der Waals surface area contributed by atoms with Gasteiger partial charge in [0.05, 0.1) is 6.33 Å². The number of imidazole rings is 1. The molecular weight excluding hydrogens is 186 g/mol. The molecule has 0 saturated heterocycles. The van der Waals surface area contributed by atoms with Gasteiger partial charge in [0.15, 0.2) is 0 Å². The van der Waals surface area contributed by atoms with Crippen LogP contribution in [-0.2, 0) is 0 Å². The first-order chi connectivity index (χ1) is 7.42. The molecule has 1 aromatic heterocycles. The molecule has 1 heterocycles. The van der Waals surface area contributed by atoms with Crippen LogP contribution in [0.25, 0.3) is 0 Å². The molecule has 2 atom stereocenters. The van der Waals surface area contributed by atoms with Crippen molar-refractivity contribution in [2.45, 2.75) is 51.1 Å². The highest BCUT2D eigenvalue weighted by molar-refractivity contribution is 4.88. The van der Waals surface area contributed by atoms with E-state index >= 15 is 0 Å². The number of rotatable bonds is 3.